The summed E-state index contributed by atoms with van der Waals surface area (Å²) in [5, 5.41) is 10.9. The van der Waals surface area contributed by atoms with Crippen molar-refractivity contribution in [3.8, 4) is 5.75 Å². The van der Waals surface area contributed by atoms with Crippen LogP contribution in [0.25, 0.3) is 0 Å². The van der Waals surface area contributed by atoms with Crippen molar-refractivity contribution in [3.05, 3.63) is 24.3 Å². The third-order valence-corrected chi connectivity index (χ3v) is 7.10. The van der Waals surface area contributed by atoms with Crippen LogP contribution in [0.15, 0.2) is 29.2 Å². The molecule has 1 aromatic carbocycles. The van der Waals surface area contributed by atoms with Crippen molar-refractivity contribution in [2.75, 3.05) is 20.2 Å². The highest BCUT2D eigenvalue weighted by Gasteiger charge is 2.52. The van der Waals surface area contributed by atoms with Crippen LogP contribution in [0.4, 0.5) is 0 Å². The summed E-state index contributed by atoms with van der Waals surface area (Å²) in [5.41, 5.74) is -0.877. The second-order valence-corrected chi connectivity index (χ2v) is 8.43. The minimum atomic E-state index is -3.57. The molecule has 1 aliphatic carbocycles. The minimum absolute atomic E-state index is 0.0363. The Morgan fingerprint density at radius 1 is 1.27 bits per heavy atom. The van der Waals surface area contributed by atoms with E-state index in [1.807, 2.05) is 6.92 Å². The molecule has 0 aromatic heterocycles. The van der Waals surface area contributed by atoms with Gasteiger partial charge < -0.3 is 9.84 Å². The predicted molar refractivity (Wildman–Crippen MR) is 83.2 cm³/mol. The maximum Gasteiger partial charge on any atom is 0.243 e. The second-order valence-electron chi connectivity index (χ2n) is 6.49. The fourth-order valence-corrected chi connectivity index (χ4v) is 5.06. The van der Waals surface area contributed by atoms with Crippen LogP contribution in [-0.4, -0.2) is 43.6 Å². The first-order valence-corrected chi connectivity index (χ1v) is 9.18. The van der Waals surface area contributed by atoms with Crippen LogP contribution in [-0.2, 0) is 10.0 Å². The average Bonchev–Trinajstić information content (AvgIpc) is 2.74. The molecule has 0 amide bonds. The number of methoxy groups -OCH3 is 1. The van der Waals surface area contributed by atoms with Crippen LogP contribution in [0.3, 0.4) is 0 Å². The van der Waals surface area contributed by atoms with E-state index in [2.05, 4.69) is 0 Å². The molecule has 3 rings (SSSR count). The van der Waals surface area contributed by atoms with Gasteiger partial charge in [0.1, 0.15) is 5.75 Å². The maximum atomic E-state index is 12.8. The molecule has 5 nitrogen and oxygen atoms in total. The van der Waals surface area contributed by atoms with Gasteiger partial charge in [0.15, 0.2) is 0 Å². The first-order chi connectivity index (χ1) is 10.4. The number of sulfonamides is 1. The van der Waals surface area contributed by atoms with Gasteiger partial charge in [-0.25, -0.2) is 8.42 Å². The molecule has 1 saturated heterocycles. The number of ether oxygens (including phenoxy) is 1. The van der Waals surface area contributed by atoms with Crippen molar-refractivity contribution in [3.63, 3.8) is 0 Å². The average molecular weight is 325 g/mol. The highest BCUT2D eigenvalue weighted by Crippen LogP contribution is 2.45. The molecule has 1 aromatic rings. The summed E-state index contributed by atoms with van der Waals surface area (Å²) < 4.78 is 32.0. The molecule has 122 valence electrons. The fraction of sp³-hybridized carbons (Fsp3) is 0.625. The molecular formula is C16H23NO4S. The van der Waals surface area contributed by atoms with Crippen LogP contribution in [0.1, 0.15) is 26.2 Å². The Bertz CT molecular complexity index is 639. The molecule has 0 spiro atoms. The number of hydrogen-bond acceptors (Lipinski definition) is 4. The van der Waals surface area contributed by atoms with Crippen molar-refractivity contribution in [2.45, 2.75) is 36.7 Å². The third kappa shape index (κ3) is 2.43. The largest absolute Gasteiger partial charge is 0.497 e. The van der Waals surface area contributed by atoms with Gasteiger partial charge in [0.05, 0.1) is 17.6 Å². The van der Waals surface area contributed by atoms with Gasteiger partial charge in [-0.15, -0.1) is 0 Å². The zero-order chi connectivity index (χ0) is 16.0. The van der Waals surface area contributed by atoms with E-state index < -0.39 is 15.6 Å². The lowest BCUT2D eigenvalue weighted by molar-refractivity contribution is -0.0646. The van der Waals surface area contributed by atoms with E-state index >= 15 is 0 Å². The fourth-order valence-electron chi connectivity index (χ4n) is 3.49. The Kier molecular flexibility index (Phi) is 3.95. The zero-order valence-electron chi connectivity index (χ0n) is 13.0. The summed E-state index contributed by atoms with van der Waals surface area (Å²) in [6, 6.07) is 6.40. The van der Waals surface area contributed by atoms with Crippen molar-refractivity contribution < 1.29 is 18.3 Å². The first-order valence-electron chi connectivity index (χ1n) is 7.74. The van der Waals surface area contributed by atoms with E-state index in [0.717, 1.165) is 19.3 Å². The Labute approximate surface area is 131 Å². The van der Waals surface area contributed by atoms with Crippen molar-refractivity contribution in [2.24, 2.45) is 11.8 Å². The van der Waals surface area contributed by atoms with E-state index in [0.29, 0.717) is 12.3 Å². The molecule has 2 aliphatic rings. The number of β-amino-alcohol motifs (C(OH)–C–C–N with tert-alkyl or cyclic N) is 1. The quantitative estimate of drug-likeness (QED) is 0.918. The minimum Gasteiger partial charge on any atom is -0.497 e. The molecule has 1 N–H and O–H groups in total. The number of hydrogen-bond donors (Lipinski definition) is 1. The Balaban J connectivity index is 1.83. The molecule has 1 saturated carbocycles. The van der Waals surface area contributed by atoms with E-state index in [4.69, 9.17) is 4.74 Å². The van der Waals surface area contributed by atoms with Crippen LogP contribution >= 0.6 is 0 Å². The molecule has 2 atom stereocenters. The lowest BCUT2D eigenvalue weighted by Gasteiger charge is -2.41. The maximum absolute atomic E-state index is 12.8. The molecule has 1 heterocycles. The molecule has 0 unspecified atom stereocenters. The molecule has 1 aliphatic heterocycles. The highest BCUT2D eigenvalue weighted by molar-refractivity contribution is 7.89. The number of rotatable bonds is 4. The molecule has 22 heavy (non-hydrogen) atoms. The van der Waals surface area contributed by atoms with Crippen LogP contribution in [0.2, 0.25) is 0 Å². The van der Waals surface area contributed by atoms with E-state index in [-0.39, 0.29) is 23.3 Å². The van der Waals surface area contributed by atoms with E-state index in [9.17, 15) is 13.5 Å². The molecule has 0 bridgehead atoms. The SMILES string of the molecule is COc1ccc(S(=O)(=O)N2C[C@@H](C)[C@](O)(C3CCC3)C2)cc1. The Morgan fingerprint density at radius 3 is 2.41 bits per heavy atom. The molecule has 0 radical (unpaired) electrons. The van der Waals surface area contributed by atoms with Gasteiger partial charge in [-0.3, -0.25) is 0 Å². The summed E-state index contributed by atoms with van der Waals surface area (Å²) in [7, 11) is -2.02. The lowest BCUT2D eigenvalue weighted by atomic mass is 9.69. The summed E-state index contributed by atoms with van der Waals surface area (Å²) >= 11 is 0. The predicted octanol–water partition coefficient (Wildman–Crippen LogP) is 1.87. The number of nitrogens with zero attached hydrogens (tertiary/aromatic N) is 1. The van der Waals surface area contributed by atoms with E-state index in [1.165, 1.54) is 4.31 Å². The van der Waals surface area contributed by atoms with Gasteiger partial charge in [-0.1, -0.05) is 13.3 Å². The van der Waals surface area contributed by atoms with Gasteiger partial charge >= 0.3 is 0 Å². The van der Waals surface area contributed by atoms with Crippen molar-refractivity contribution in [1.29, 1.82) is 0 Å². The van der Waals surface area contributed by atoms with Gasteiger partial charge in [0.25, 0.3) is 0 Å². The van der Waals surface area contributed by atoms with Gasteiger partial charge in [0, 0.05) is 19.0 Å². The summed E-state index contributed by atoms with van der Waals surface area (Å²) in [6.07, 6.45) is 3.12. The smallest absolute Gasteiger partial charge is 0.243 e. The number of aliphatic hydroxyl groups is 1. The standard InChI is InChI=1S/C16H23NO4S/c1-12-10-17(11-16(12,18)13-4-3-5-13)22(19,20)15-8-6-14(21-2)7-9-15/h6-9,12-13,18H,3-5,10-11H2,1-2H3/t12-,16+/m1/s1. The van der Waals surface area contributed by atoms with Crippen LogP contribution in [0.5, 0.6) is 5.75 Å². The lowest BCUT2D eigenvalue weighted by Crippen LogP contribution is -2.48. The summed E-state index contributed by atoms with van der Waals surface area (Å²) in [5.74, 6) is 0.823. The monoisotopic (exact) mass is 325 g/mol. The third-order valence-electron chi connectivity index (χ3n) is 5.27. The summed E-state index contributed by atoms with van der Waals surface area (Å²) in [4.78, 5) is 0.248. The van der Waals surface area contributed by atoms with Crippen molar-refractivity contribution in [1.82, 2.24) is 4.31 Å². The van der Waals surface area contributed by atoms with Crippen molar-refractivity contribution >= 4 is 10.0 Å². The van der Waals surface area contributed by atoms with Gasteiger partial charge in [-0.2, -0.15) is 4.31 Å². The molecular weight excluding hydrogens is 302 g/mol. The highest BCUT2D eigenvalue weighted by atomic mass is 32.2. The van der Waals surface area contributed by atoms with Gasteiger partial charge in [0.2, 0.25) is 10.0 Å². The summed E-state index contributed by atoms with van der Waals surface area (Å²) in [6.45, 7) is 2.52. The number of benzene rings is 1. The topological polar surface area (TPSA) is 66.8 Å². The first kappa shape index (κ1) is 15.8. The Morgan fingerprint density at radius 2 is 1.91 bits per heavy atom. The van der Waals surface area contributed by atoms with Crippen LogP contribution < -0.4 is 4.74 Å². The van der Waals surface area contributed by atoms with Gasteiger partial charge in [-0.05, 0) is 43.0 Å². The second kappa shape index (κ2) is 5.51. The molecule has 6 heteroatoms. The normalized spacial score (nSPS) is 30.2. The zero-order valence-corrected chi connectivity index (χ0v) is 13.8. The molecule has 2 fully saturated rings. The van der Waals surface area contributed by atoms with Crippen LogP contribution in [0, 0.1) is 11.8 Å². The van der Waals surface area contributed by atoms with E-state index in [1.54, 1.807) is 31.4 Å². The Hall–Kier alpha value is -1.11.